The number of rotatable bonds is 3. The van der Waals surface area contributed by atoms with Crippen LogP contribution in [0.1, 0.15) is 31.4 Å². The molecule has 2 atom stereocenters. The van der Waals surface area contributed by atoms with E-state index in [4.69, 9.17) is 5.73 Å². The molecule has 16 heavy (non-hydrogen) atoms. The number of halogens is 1. The molecule has 1 saturated heterocycles. The molecule has 0 aliphatic carbocycles. The number of hydrogen-bond acceptors (Lipinski definition) is 2. The van der Waals surface area contributed by atoms with E-state index in [-0.39, 0.29) is 17.9 Å². The predicted molar refractivity (Wildman–Crippen MR) is 63.6 cm³/mol. The van der Waals surface area contributed by atoms with E-state index >= 15 is 0 Å². The SMILES string of the molecule is CC(N)C(c1cccc(F)c1)N1CCCC1. The maximum absolute atomic E-state index is 13.2. The van der Waals surface area contributed by atoms with Gasteiger partial charge in [-0.15, -0.1) is 0 Å². The van der Waals surface area contributed by atoms with Gasteiger partial charge < -0.3 is 5.73 Å². The van der Waals surface area contributed by atoms with Crippen LogP contribution in [0.4, 0.5) is 4.39 Å². The fourth-order valence-corrected chi connectivity index (χ4v) is 2.56. The second-order valence-electron chi connectivity index (χ2n) is 4.60. The van der Waals surface area contributed by atoms with Crippen molar-refractivity contribution in [1.82, 2.24) is 4.90 Å². The van der Waals surface area contributed by atoms with Crippen molar-refractivity contribution in [3.05, 3.63) is 35.6 Å². The smallest absolute Gasteiger partial charge is 0.123 e. The summed E-state index contributed by atoms with van der Waals surface area (Å²) in [6.07, 6.45) is 2.44. The van der Waals surface area contributed by atoms with Gasteiger partial charge in [-0.05, 0) is 50.6 Å². The lowest BCUT2D eigenvalue weighted by molar-refractivity contribution is 0.219. The van der Waals surface area contributed by atoms with Crippen LogP contribution in [-0.4, -0.2) is 24.0 Å². The molecule has 1 aromatic carbocycles. The quantitative estimate of drug-likeness (QED) is 0.850. The zero-order valence-corrected chi connectivity index (χ0v) is 9.70. The first kappa shape index (κ1) is 11.6. The maximum Gasteiger partial charge on any atom is 0.123 e. The van der Waals surface area contributed by atoms with Crippen LogP contribution >= 0.6 is 0 Å². The summed E-state index contributed by atoms with van der Waals surface area (Å²) in [5.41, 5.74) is 7.03. The standard InChI is InChI=1S/C13H19FN2/c1-10(15)13(16-7-2-3-8-16)11-5-4-6-12(14)9-11/h4-6,9-10,13H,2-3,7-8,15H2,1H3. The lowest BCUT2D eigenvalue weighted by atomic mass is 9.99. The average Bonchev–Trinajstić information content (AvgIpc) is 2.71. The summed E-state index contributed by atoms with van der Waals surface area (Å²) >= 11 is 0. The van der Waals surface area contributed by atoms with Crippen molar-refractivity contribution in [1.29, 1.82) is 0 Å². The van der Waals surface area contributed by atoms with Gasteiger partial charge >= 0.3 is 0 Å². The lowest BCUT2D eigenvalue weighted by Gasteiger charge is -2.31. The van der Waals surface area contributed by atoms with E-state index < -0.39 is 0 Å². The van der Waals surface area contributed by atoms with Gasteiger partial charge in [0.15, 0.2) is 0 Å². The largest absolute Gasteiger partial charge is 0.326 e. The highest BCUT2D eigenvalue weighted by Gasteiger charge is 2.26. The van der Waals surface area contributed by atoms with E-state index in [1.807, 2.05) is 13.0 Å². The van der Waals surface area contributed by atoms with Gasteiger partial charge in [-0.3, -0.25) is 4.90 Å². The van der Waals surface area contributed by atoms with Crippen molar-refractivity contribution in [2.45, 2.75) is 31.8 Å². The van der Waals surface area contributed by atoms with E-state index in [1.165, 1.54) is 18.9 Å². The number of benzene rings is 1. The van der Waals surface area contributed by atoms with Crippen molar-refractivity contribution in [3.63, 3.8) is 0 Å². The number of nitrogens with zero attached hydrogens (tertiary/aromatic N) is 1. The fraction of sp³-hybridized carbons (Fsp3) is 0.538. The zero-order valence-electron chi connectivity index (χ0n) is 9.70. The average molecular weight is 222 g/mol. The van der Waals surface area contributed by atoms with Crippen molar-refractivity contribution in [2.75, 3.05) is 13.1 Å². The number of likely N-dealkylation sites (tertiary alicyclic amines) is 1. The Morgan fingerprint density at radius 3 is 2.56 bits per heavy atom. The van der Waals surface area contributed by atoms with E-state index in [0.717, 1.165) is 18.7 Å². The molecule has 0 aromatic heterocycles. The third-order valence-corrected chi connectivity index (χ3v) is 3.22. The molecule has 88 valence electrons. The summed E-state index contributed by atoms with van der Waals surface area (Å²) in [6.45, 7) is 4.14. The van der Waals surface area contributed by atoms with Crippen LogP contribution in [0.2, 0.25) is 0 Å². The minimum Gasteiger partial charge on any atom is -0.326 e. The molecule has 1 fully saturated rings. The minimum atomic E-state index is -0.178. The third-order valence-electron chi connectivity index (χ3n) is 3.22. The molecule has 0 saturated carbocycles. The van der Waals surface area contributed by atoms with Crippen LogP contribution in [-0.2, 0) is 0 Å². The van der Waals surface area contributed by atoms with Gasteiger partial charge in [0.1, 0.15) is 5.82 Å². The fourth-order valence-electron chi connectivity index (χ4n) is 2.56. The topological polar surface area (TPSA) is 29.3 Å². The van der Waals surface area contributed by atoms with Gasteiger partial charge in [-0.2, -0.15) is 0 Å². The summed E-state index contributed by atoms with van der Waals surface area (Å²) in [5.74, 6) is -0.178. The number of nitrogens with two attached hydrogens (primary N) is 1. The highest BCUT2D eigenvalue weighted by molar-refractivity contribution is 5.22. The Hall–Kier alpha value is -0.930. The highest BCUT2D eigenvalue weighted by Crippen LogP contribution is 2.27. The molecular formula is C13H19FN2. The van der Waals surface area contributed by atoms with E-state index in [1.54, 1.807) is 12.1 Å². The van der Waals surface area contributed by atoms with E-state index in [9.17, 15) is 4.39 Å². The van der Waals surface area contributed by atoms with Crippen LogP contribution in [0.15, 0.2) is 24.3 Å². The van der Waals surface area contributed by atoms with Gasteiger partial charge in [0.2, 0.25) is 0 Å². The first-order chi connectivity index (χ1) is 7.68. The second-order valence-corrected chi connectivity index (χ2v) is 4.60. The molecule has 0 amide bonds. The third kappa shape index (κ3) is 2.42. The van der Waals surface area contributed by atoms with Crippen molar-refractivity contribution in [3.8, 4) is 0 Å². The molecule has 2 N–H and O–H groups in total. The lowest BCUT2D eigenvalue weighted by Crippen LogP contribution is -2.37. The van der Waals surface area contributed by atoms with E-state index in [0.29, 0.717) is 0 Å². The highest BCUT2D eigenvalue weighted by atomic mass is 19.1. The molecule has 0 bridgehead atoms. The first-order valence-corrected chi connectivity index (χ1v) is 5.93. The monoisotopic (exact) mass is 222 g/mol. The summed E-state index contributed by atoms with van der Waals surface area (Å²) in [6, 6.07) is 6.99. The Morgan fingerprint density at radius 2 is 2.00 bits per heavy atom. The second kappa shape index (κ2) is 4.93. The molecule has 2 nitrogen and oxygen atoms in total. The van der Waals surface area contributed by atoms with Crippen molar-refractivity contribution >= 4 is 0 Å². The minimum absolute atomic E-state index is 0.0277. The van der Waals surface area contributed by atoms with Gasteiger partial charge in [-0.1, -0.05) is 12.1 Å². The summed E-state index contributed by atoms with van der Waals surface area (Å²) in [5, 5.41) is 0. The molecule has 0 spiro atoms. The van der Waals surface area contributed by atoms with Crippen LogP contribution in [0.3, 0.4) is 0 Å². The summed E-state index contributed by atoms with van der Waals surface area (Å²) < 4.78 is 13.2. The molecule has 2 unspecified atom stereocenters. The van der Waals surface area contributed by atoms with Crippen molar-refractivity contribution in [2.24, 2.45) is 5.73 Å². The Kier molecular flexibility index (Phi) is 3.56. The molecular weight excluding hydrogens is 203 g/mol. The van der Waals surface area contributed by atoms with Gasteiger partial charge in [0.05, 0.1) is 0 Å². The van der Waals surface area contributed by atoms with E-state index in [2.05, 4.69) is 4.90 Å². The Bertz CT molecular complexity index is 346. The molecule has 0 radical (unpaired) electrons. The zero-order chi connectivity index (χ0) is 11.5. The Morgan fingerprint density at radius 1 is 1.31 bits per heavy atom. The molecule has 2 rings (SSSR count). The predicted octanol–water partition coefficient (Wildman–Crippen LogP) is 2.31. The van der Waals surface area contributed by atoms with Crippen molar-refractivity contribution < 1.29 is 4.39 Å². The molecule has 1 heterocycles. The van der Waals surface area contributed by atoms with Gasteiger partial charge in [0.25, 0.3) is 0 Å². The molecule has 1 aromatic rings. The van der Waals surface area contributed by atoms with Crippen LogP contribution in [0.25, 0.3) is 0 Å². The normalized spacial score (nSPS) is 20.9. The molecule has 1 aliphatic rings. The summed E-state index contributed by atoms with van der Waals surface area (Å²) in [7, 11) is 0. The van der Waals surface area contributed by atoms with Gasteiger partial charge in [0, 0.05) is 12.1 Å². The Labute approximate surface area is 96.2 Å². The number of hydrogen-bond donors (Lipinski definition) is 1. The van der Waals surface area contributed by atoms with Crippen LogP contribution in [0, 0.1) is 5.82 Å². The van der Waals surface area contributed by atoms with Crippen LogP contribution in [0.5, 0.6) is 0 Å². The Balaban J connectivity index is 2.24. The molecule has 3 heteroatoms. The van der Waals surface area contributed by atoms with Gasteiger partial charge in [-0.25, -0.2) is 4.39 Å². The maximum atomic E-state index is 13.2. The first-order valence-electron chi connectivity index (χ1n) is 5.93. The molecule has 1 aliphatic heterocycles. The van der Waals surface area contributed by atoms with Crippen LogP contribution < -0.4 is 5.73 Å². The summed E-state index contributed by atoms with van der Waals surface area (Å²) in [4.78, 5) is 2.36.